The van der Waals surface area contributed by atoms with E-state index in [0.717, 1.165) is 12.3 Å². The molecular formula is C10H16O7. The van der Waals surface area contributed by atoms with Gasteiger partial charge in [-0.3, -0.25) is 0 Å². The van der Waals surface area contributed by atoms with E-state index in [0.29, 0.717) is 0 Å². The first kappa shape index (κ1) is 13.9. The molecule has 0 aromatic carbocycles. The summed E-state index contributed by atoms with van der Waals surface area (Å²) in [6, 6.07) is 0. The maximum atomic E-state index is 10.9. The van der Waals surface area contributed by atoms with Crippen molar-refractivity contribution in [2.75, 3.05) is 13.2 Å². The van der Waals surface area contributed by atoms with Crippen molar-refractivity contribution in [3.63, 3.8) is 0 Å². The molecule has 0 aromatic rings. The number of carbonyl (C=O) groups excluding carboxylic acids is 1. The standard InChI is InChI=1S/C10H16O7/c1-2-15-7(12)3-4-16-10-9(14)8(13)6(11)5-17-10/h3-4,6,8-11,13-14H,2,5H2,1H3/b4-3-/t6-,8-,9-,10+/m1/s1. The Morgan fingerprint density at radius 2 is 2.12 bits per heavy atom. The van der Waals surface area contributed by atoms with E-state index in [2.05, 4.69) is 4.74 Å². The van der Waals surface area contributed by atoms with E-state index in [1.54, 1.807) is 6.92 Å². The summed E-state index contributed by atoms with van der Waals surface area (Å²) < 4.78 is 14.4. The summed E-state index contributed by atoms with van der Waals surface area (Å²) in [7, 11) is 0. The highest BCUT2D eigenvalue weighted by molar-refractivity contribution is 5.81. The Balaban J connectivity index is 2.39. The number of aliphatic hydroxyl groups excluding tert-OH is 3. The van der Waals surface area contributed by atoms with Crippen molar-refractivity contribution in [2.45, 2.75) is 31.5 Å². The summed E-state index contributed by atoms with van der Waals surface area (Å²) in [6.07, 6.45) is -2.97. The van der Waals surface area contributed by atoms with Crippen LogP contribution in [0.5, 0.6) is 0 Å². The largest absolute Gasteiger partial charge is 0.469 e. The molecule has 7 heteroatoms. The molecule has 1 fully saturated rings. The van der Waals surface area contributed by atoms with Crippen LogP contribution in [0.3, 0.4) is 0 Å². The molecule has 1 aliphatic heterocycles. The minimum Gasteiger partial charge on any atom is -0.469 e. The van der Waals surface area contributed by atoms with Crippen LogP contribution in [0.25, 0.3) is 0 Å². The molecule has 1 aliphatic rings. The van der Waals surface area contributed by atoms with E-state index in [1.807, 2.05) is 0 Å². The van der Waals surface area contributed by atoms with Gasteiger partial charge >= 0.3 is 5.97 Å². The normalized spacial score (nSPS) is 33.6. The van der Waals surface area contributed by atoms with Gasteiger partial charge in [0.15, 0.2) is 0 Å². The molecule has 1 saturated heterocycles. The summed E-state index contributed by atoms with van der Waals surface area (Å²) in [5.74, 6) is -0.585. The number of hydrogen-bond donors (Lipinski definition) is 3. The maximum Gasteiger partial charge on any atom is 0.333 e. The summed E-state index contributed by atoms with van der Waals surface area (Å²) in [6.45, 7) is 1.76. The lowest BCUT2D eigenvalue weighted by atomic mass is 10.1. The second-order valence-corrected chi connectivity index (χ2v) is 3.44. The van der Waals surface area contributed by atoms with Crippen molar-refractivity contribution in [2.24, 2.45) is 0 Å². The van der Waals surface area contributed by atoms with E-state index in [4.69, 9.17) is 14.6 Å². The van der Waals surface area contributed by atoms with Crippen molar-refractivity contribution in [1.82, 2.24) is 0 Å². The van der Waals surface area contributed by atoms with E-state index in [-0.39, 0.29) is 13.2 Å². The predicted molar refractivity (Wildman–Crippen MR) is 54.6 cm³/mol. The molecule has 1 rings (SSSR count). The third-order valence-electron chi connectivity index (χ3n) is 2.16. The second-order valence-electron chi connectivity index (χ2n) is 3.44. The van der Waals surface area contributed by atoms with Gasteiger partial charge in [-0.2, -0.15) is 0 Å². The predicted octanol–water partition coefficient (Wildman–Crippen LogP) is -1.48. The number of carbonyl (C=O) groups is 1. The molecule has 3 N–H and O–H groups in total. The fourth-order valence-corrected chi connectivity index (χ4v) is 1.26. The first-order valence-corrected chi connectivity index (χ1v) is 5.20. The number of ether oxygens (including phenoxy) is 3. The van der Waals surface area contributed by atoms with Crippen LogP contribution in [-0.4, -0.2) is 59.1 Å². The Kier molecular flexibility index (Phi) is 5.36. The van der Waals surface area contributed by atoms with Gasteiger partial charge in [0, 0.05) is 0 Å². The fourth-order valence-electron chi connectivity index (χ4n) is 1.26. The Morgan fingerprint density at radius 1 is 1.41 bits per heavy atom. The van der Waals surface area contributed by atoms with Gasteiger partial charge in [-0.1, -0.05) is 0 Å². The van der Waals surface area contributed by atoms with Crippen molar-refractivity contribution in [1.29, 1.82) is 0 Å². The Labute approximate surface area is 98.2 Å². The highest BCUT2D eigenvalue weighted by atomic mass is 16.7. The van der Waals surface area contributed by atoms with Gasteiger partial charge in [0.05, 0.1) is 25.6 Å². The molecule has 1 heterocycles. The molecular weight excluding hydrogens is 232 g/mol. The number of esters is 1. The third kappa shape index (κ3) is 3.97. The molecule has 0 radical (unpaired) electrons. The van der Waals surface area contributed by atoms with Crippen LogP contribution in [0.2, 0.25) is 0 Å². The van der Waals surface area contributed by atoms with Gasteiger partial charge in [-0.15, -0.1) is 0 Å². The molecule has 4 atom stereocenters. The lowest BCUT2D eigenvalue weighted by Crippen LogP contribution is -2.53. The van der Waals surface area contributed by atoms with E-state index in [1.165, 1.54) is 0 Å². The quantitative estimate of drug-likeness (QED) is 0.316. The molecule has 98 valence electrons. The van der Waals surface area contributed by atoms with Crippen LogP contribution in [0.15, 0.2) is 12.3 Å². The van der Waals surface area contributed by atoms with Crippen LogP contribution in [0.1, 0.15) is 6.92 Å². The van der Waals surface area contributed by atoms with Crippen LogP contribution in [-0.2, 0) is 19.0 Å². The van der Waals surface area contributed by atoms with Crippen LogP contribution < -0.4 is 0 Å². The van der Waals surface area contributed by atoms with Gasteiger partial charge in [0.25, 0.3) is 0 Å². The van der Waals surface area contributed by atoms with E-state index < -0.39 is 30.6 Å². The summed E-state index contributed by atoms with van der Waals surface area (Å²) >= 11 is 0. The molecule has 0 bridgehead atoms. The molecule has 0 saturated carbocycles. The van der Waals surface area contributed by atoms with Crippen molar-refractivity contribution >= 4 is 5.97 Å². The van der Waals surface area contributed by atoms with Crippen molar-refractivity contribution < 1.29 is 34.3 Å². The molecule has 0 spiro atoms. The van der Waals surface area contributed by atoms with Gasteiger partial charge in [0.1, 0.15) is 18.3 Å². The van der Waals surface area contributed by atoms with Gasteiger partial charge in [-0.05, 0) is 6.92 Å². The van der Waals surface area contributed by atoms with Gasteiger partial charge in [-0.25, -0.2) is 4.79 Å². The average molecular weight is 248 g/mol. The minimum atomic E-state index is -1.38. The highest BCUT2D eigenvalue weighted by Crippen LogP contribution is 2.16. The summed E-state index contributed by atoms with van der Waals surface area (Å²) in [5, 5.41) is 28.0. The highest BCUT2D eigenvalue weighted by Gasteiger charge is 2.38. The third-order valence-corrected chi connectivity index (χ3v) is 2.16. The van der Waals surface area contributed by atoms with Crippen molar-refractivity contribution in [3.8, 4) is 0 Å². The minimum absolute atomic E-state index is 0.157. The SMILES string of the molecule is CCOC(=O)/C=C\O[C@H]1OC[C@@H](O)[C@@H](O)[C@H]1O. The first-order valence-electron chi connectivity index (χ1n) is 5.20. The van der Waals surface area contributed by atoms with Crippen LogP contribution >= 0.6 is 0 Å². The van der Waals surface area contributed by atoms with Gasteiger partial charge < -0.3 is 29.5 Å². The average Bonchev–Trinajstić information content (AvgIpc) is 2.29. The zero-order chi connectivity index (χ0) is 12.8. The van der Waals surface area contributed by atoms with Gasteiger partial charge in [0.2, 0.25) is 6.29 Å². The fraction of sp³-hybridized carbons (Fsp3) is 0.700. The Morgan fingerprint density at radius 3 is 2.76 bits per heavy atom. The molecule has 0 amide bonds. The van der Waals surface area contributed by atoms with Crippen LogP contribution in [0, 0.1) is 0 Å². The summed E-state index contributed by atoms with van der Waals surface area (Å²) in [4.78, 5) is 10.9. The van der Waals surface area contributed by atoms with Crippen LogP contribution in [0.4, 0.5) is 0 Å². The smallest absolute Gasteiger partial charge is 0.333 e. The lowest BCUT2D eigenvalue weighted by Gasteiger charge is -2.34. The number of hydrogen-bond acceptors (Lipinski definition) is 7. The summed E-state index contributed by atoms with van der Waals surface area (Å²) in [5.41, 5.74) is 0. The number of rotatable bonds is 4. The maximum absolute atomic E-state index is 10.9. The number of aliphatic hydroxyl groups is 3. The second kappa shape index (κ2) is 6.55. The lowest BCUT2D eigenvalue weighted by molar-refractivity contribution is -0.254. The monoisotopic (exact) mass is 248 g/mol. The zero-order valence-electron chi connectivity index (χ0n) is 9.35. The Hall–Kier alpha value is -1.15. The van der Waals surface area contributed by atoms with E-state index >= 15 is 0 Å². The molecule has 0 aromatic heterocycles. The first-order chi connectivity index (χ1) is 8.06. The van der Waals surface area contributed by atoms with E-state index in [9.17, 15) is 15.0 Å². The molecule has 0 unspecified atom stereocenters. The Bertz CT molecular complexity index is 278. The van der Waals surface area contributed by atoms with Crippen molar-refractivity contribution in [3.05, 3.63) is 12.3 Å². The molecule has 7 nitrogen and oxygen atoms in total. The topological polar surface area (TPSA) is 105 Å². The molecule has 0 aliphatic carbocycles. The molecule has 17 heavy (non-hydrogen) atoms. The zero-order valence-corrected chi connectivity index (χ0v) is 9.35.